The van der Waals surface area contributed by atoms with Gasteiger partial charge in [-0.1, -0.05) is 18.2 Å². The van der Waals surface area contributed by atoms with Crippen molar-refractivity contribution in [2.24, 2.45) is 5.73 Å². The lowest BCUT2D eigenvalue weighted by atomic mass is 9.96. The summed E-state index contributed by atoms with van der Waals surface area (Å²) in [5.41, 5.74) is 11.4. The molecule has 3 heteroatoms. The predicted molar refractivity (Wildman–Crippen MR) is 78.2 cm³/mol. The summed E-state index contributed by atoms with van der Waals surface area (Å²) in [6, 6.07) is 6.56. The molecule has 2 aromatic rings. The highest BCUT2D eigenvalue weighted by Crippen LogP contribution is 2.17. The van der Waals surface area contributed by atoms with Gasteiger partial charge in [-0.05, 0) is 43.9 Å². The van der Waals surface area contributed by atoms with Gasteiger partial charge in [-0.15, -0.1) is 11.3 Å². The first kappa shape index (κ1) is 13.2. The molecule has 0 fully saturated rings. The molecule has 96 valence electrons. The lowest BCUT2D eigenvalue weighted by Crippen LogP contribution is -2.26. The zero-order valence-corrected chi connectivity index (χ0v) is 12.1. The SMILES string of the molecule is Cc1csc(CC(N)Cc2c(C)cccc2C)n1. The fourth-order valence-corrected chi connectivity index (χ4v) is 3.09. The fraction of sp³-hybridized carbons (Fsp3) is 0.400. The molecule has 0 bridgehead atoms. The van der Waals surface area contributed by atoms with Crippen molar-refractivity contribution in [3.8, 4) is 0 Å². The van der Waals surface area contributed by atoms with Crippen LogP contribution in [0, 0.1) is 20.8 Å². The molecule has 0 saturated carbocycles. The molecular formula is C15H20N2S. The van der Waals surface area contributed by atoms with Gasteiger partial charge in [0, 0.05) is 23.5 Å². The highest BCUT2D eigenvalue weighted by Gasteiger charge is 2.11. The van der Waals surface area contributed by atoms with Crippen LogP contribution in [0.3, 0.4) is 0 Å². The number of rotatable bonds is 4. The van der Waals surface area contributed by atoms with Gasteiger partial charge in [-0.25, -0.2) is 4.98 Å². The Labute approximate surface area is 113 Å². The zero-order chi connectivity index (χ0) is 13.1. The summed E-state index contributed by atoms with van der Waals surface area (Å²) >= 11 is 1.71. The van der Waals surface area contributed by atoms with Crippen molar-refractivity contribution in [3.63, 3.8) is 0 Å². The van der Waals surface area contributed by atoms with Crippen LogP contribution in [-0.2, 0) is 12.8 Å². The minimum atomic E-state index is 0.148. The van der Waals surface area contributed by atoms with Gasteiger partial charge in [0.1, 0.15) is 0 Å². The van der Waals surface area contributed by atoms with Crippen LogP contribution in [0.5, 0.6) is 0 Å². The van der Waals surface area contributed by atoms with Gasteiger partial charge in [-0.2, -0.15) is 0 Å². The minimum Gasteiger partial charge on any atom is -0.327 e. The number of nitrogens with zero attached hydrogens (tertiary/aromatic N) is 1. The molecule has 0 aliphatic rings. The van der Waals surface area contributed by atoms with Gasteiger partial charge in [0.2, 0.25) is 0 Å². The molecule has 2 rings (SSSR count). The molecule has 0 aliphatic carbocycles. The van der Waals surface area contributed by atoms with E-state index in [0.717, 1.165) is 23.5 Å². The molecule has 2 nitrogen and oxygen atoms in total. The van der Waals surface area contributed by atoms with Gasteiger partial charge in [0.15, 0.2) is 0 Å². The van der Waals surface area contributed by atoms with Gasteiger partial charge in [0.25, 0.3) is 0 Å². The van der Waals surface area contributed by atoms with E-state index in [-0.39, 0.29) is 6.04 Å². The summed E-state index contributed by atoms with van der Waals surface area (Å²) in [5.74, 6) is 0. The van der Waals surface area contributed by atoms with E-state index in [2.05, 4.69) is 42.4 Å². The Balaban J connectivity index is 2.05. The van der Waals surface area contributed by atoms with Crippen molar-refractivity contribution >= 4 is 11.3 Å². The van der Waals surface area contributed by atoms with Gasteiger partial charge >= 0.3 is 0 Å². The number of aryl methyl sites for hydroxylation is 3. The van der Waals surface area contributed by atoms with E-state index in [1.807, 2.05) is 6.92 Å². The quantitative estimate of drug-likeness (QED) is 0.917. The first-order valence-corrected chi connectivity index (χ1v) is 7.16. The highest BCUT2D eigenvalue weighted by molar-refractivity contribution is 7.09. The molecule has 0 saturated heterocycles. The normalized spacial score (nSPS) is 12.7. The number of thiazole rings is 1. The maximum Gasteiger partial charge on any atom is 0.0943 e. The van der Waals surface area contributed by atoms with Gasteiger partial charge in [-0.3, -0.25) is 0 Å². The second-order valence-electron chi connectivity index (χ2n) is 4.92. The van der Waals surface area contributed by atoms with Crippen molar-refractivity contribution in [2.45, 2.75) is 39.7 Å². The maximum atomic E-state index is 6.25. The summed E-state index contributed by atoms with van der Waals surface area (Å²) in [6.07, 6.45) is 1.80. The van der Waals surface area contributed by atoms with Crippen molar-refractivity contribution < 1.29 is 0 Å². The Bertz CT molecular complexity index is 511. The second kappa shape index (κ2) is 5.63. The van der Waals surface area contributed by atoms with Crippen LogP contribution < -0.4 is 5.73 Å². The van der Waals surface area contributed by atoms with Crippen LogP contribution in [0.1, 0.15) is 27.4 Å². The van der Waals surface area contributed by atoms with E-state index in [1.165, 1.54) is 16.7 Å². The third-order valence-corrected chi connectivity index (χ3v) is 4.20. The van der Waals surface area contributed by atoms with Crippen molar-refractivity contribution in [1.82, 2.24) is 4.98 Å². The molecule has 1 aromatic heterocycles. The third kappa shape index (κ3) is 3.18. The average molecular weight is 260 g/mol. The average Bonchev–Trinajstić information content (AvgIpc) is 2.69. The Morgan fingerprint density at radius 3 is 2.39 bits per heavy atom. The molecule has 1 unspecified atom stereocenters. The predicted octanol–water partition coefficient (Wildman–Crippen LogP) is 3.18. The monoisotopic (exact) mass is 260 g/mol. The van der Waals surface area contributed by atoms with Crippen molar-refractivity contribution in [2.75, 3.05) is 0 Å². The summed E-state index contributed by atoms with van der Waals surface area (Å²) in [7, 11) is 0. The molecule has 0 radical (unpaired) electrons. The van der Waals surface area contributed by atoms with E-state index < -0.39 is 0 Å². The van der Waals surface area contributed by atoms with E-state index in [0.29, 0.717) is 0 Å². The fourth-order valence-electron chi connectivity index (χ4n) is 2.23. The summed E-state index contributed by atoms with van der Waals surface area (Å²) in [6.45, 7) is 6.34. The molecule has 1 heterocycles. The molecule has 0 amide bonds. The number of benzene rings is 1. The molecular weight excluding hydrogens is 240 g/mol. The Hall–Kier alpha value is -1.19. The van der Waals surface area contributed by atoms with Crippen LogP contribution in [0.25, 0.3) is 0 Å². The van der Waals surface area contributed by atoms with Gasteiger partial charge < -0.3 is 5.73 Å². The Morgan fingerprint density at radius 2 is 1.83 bits per heavy atom. The molecule has 2 N–H and O–H groups in total. The van der Waals surface area contributed by atoms with E-state index in [4.69, 9.17) is 5.73 Å². The van der Waals surface area contributed by atoms with Crippen LogP contribution in [0.2, 0.25) is 0 Å². The Kier molecular flexibility index (Phi) is 4.15. The zero-order valence-electron chi connectivity index (χ0n) is 11.2. The third-order valence-electron chi connectivity index (χ3n) is 3.21. The lowest BCUT2D eigenvalue weighted by Gasteiger charge is -2.14. The van der Waals surface area contributed by atoms with Gasteiger partial charge in [0.05, 0.1) is 5.01 Å². The number of hydrogen-bond donors (Lipinski definition) is 1. The molecule has 0 spiro atoms. The maximum absolute atomic E-state index is 6.25. The van der Waals surface area contributed by atoms with Crippen LogP contribution in [-0.4, -0.2) is 11.0 Å². The molecule has 18 heavy (non-hydrogen) atoms. The van der Waals surface area contributed by atoms with E-state index >= 15 is 0 Å². The standard InChI is InChI=1S/C15H20N2S/c1-10-5-4-6-11(2)14(10)7-13(16)8-15-17-12(3)9-18-15/h4-6,9,13H,7-8,16H2,1-3H3. The largest absolute Gasteiger partial charge is 0.327 e. The smallest absolute Gasteiger partial charge is 0.0943 e. The van der Waals surface area contributed by atoms with E-state index in [1.54, 1.807) is 11.3 Å². The topological polar surface area (TPSA) is 38.9 Å². The number of nitrogens with two attached hydrogens (primary N) is 1. The first-order chi connectivity index (χ1) is 8.56. The number of hydrogen-bond acceptors (Lipinski definition) is 3. The van der Waals surface area contributed by atoms with Crippen molar-refractivity contribution in [1.29, 1.82) is 0 Å². The Morgan fingerprint density at radius 1 is 1.17 bits per heavy atom. The summed E-state index contributed by atoms with van der Waals surface area (Å²) in [4.78, 5) is 4.48. The highest BCUT2D eigenvalue weighted by atomic mass is 32.1. The molecule has 1 atom stereocenters. The summed E-state index contributed by atoms with van der Waals surface area (Å²) < 4.78 is 0. The second-order valence-corrected chi connectivity index (χ2v) is 5.86. The molecule has 1 aromatic carbocycles. The van der Waals surface area contributed by atoms with Crippen molar-refractivity contribution in [3.05, 3.63) is 51.0 Å². The number of aromatic nitrogens is 1. The van der Waals surface area contributed by atoms with Crippen LogP contribution in [0.15, 0.2) is 23.6 Å². The molecule has 0 aliphatic heterocycles. The lowest BCUT2D eigenvalue weighted by molar-refractivity contribution is 0.657. The first-order valence-electron chi connectivity index (χ1n) is 6.28. The summed E-state index contributed by atoms with van der Waals surface area (Å²) in [5, 5.41) is 3.23. The van der Waals surface area contributed by atoms with E-state index in [9.17, 15) is 0 Å². The minimum absolute atomic E-state index is 0.148. The van der Waals surface area contributed by atoms with Crippen LogP contribution >= 0.6 is 11.3 Å². The van der Waals surface area contributed by atoms with Crippen LogP contribution in [0.4, 0.5) is 0 Å².